The highest BCUT2D eigenvalue weighted by Gasteiger charge is 2.36. The number of nitrogens with zero attached hydrogens (tertiary/aromatic N) is 1. The van der Waals surface area contributed by atoms with Gasteiger partial charge in [0, 0.05) is 23.0 Å². The lowest BCUT2D eigenvalue weighted by Gasteiger charge is -2.28. The molecule has 0 saturated carbocycles. The zero-order valence-corrected chi connectivity index (χ0v) is 16.9. The van der Waals surface area contributed by atoms with Crippen molar-refractivity contribution in [1.29, 1.82) is 0 Å². The van der Waals surface area contributed by atoms with Crippen molar-refractivity contribution >= 4 is 38.3 Å². The van der Waals surface area contributed by atoms with Crippen LogP contribution in [0.2, 0.25) is 5.02 Å². The van der Waals surface area contributed by atoms with Crippen molar-refractivity contribution in [1.82, 2.24) is 4.90 Å². The Morgan fingerprint density at radius 2 is 1.86 bits per heavy atom. The fraction of sp³-hybridized carbons (Fsp3) is 0.238. The second-order valence-electron chi connectivity index (χ2n) is 7.10. The van der Waals surface area contributed by atoms with Crippen molar-refractivity contribution in [3.05, 3.63) is 81.2 Å². The smallest absolute Gasteiger partial charge is 0.349 e. The molecule has 2 heterocycles. The Morgan fingerprint density at radius 3 is 2.55 bits per heavy atom. The molecular weight excluding hydrogens is 414 g/mol. The molecular formula is C21H18ClNO5S. The number of hydrogen-bond acceptors (Lipinski definition) is 5. The molecule has 1 fully saturated rings. The molecule has 0 radical (unpaired) electrons. The number of carbonyl (C=O) groups is 1. The summed E-state index contributed by atoms with van der Waals surface area (Å²) in [5.41, 5.74) is 0.330. The molecule has 1 aliphatic rings. The van der Waals surface area contributed by atoms with Gasteiger partial charge in [0.2, 0.25) is 0 Å². The molecule has 29 heavy (non-hydrogen) atoms. The van der Waals surface area contributed by atoms with Crippen molar-refractivity contribution in [2.75, 3.05) is 11.5 Å². The highest BCUT2D eigenvalue weighted by Crippen LogP contribution is 2.23. The van der Waals surface area contributed by atoms with Crippen molar-refractivity contribution < 1.29 is 17.6 Å². The maximum Gasteiger partial charge on any atom is 0.349 e. The predicted octanol–water partition coefficient (Wildman–Crippen LogP) is 3.28. The van der Waals surface area contributed by atoms with Gasteiger partial charge in [-0.05, 0) is 36.2 Å². The van der Waals surface area contributed by atoms with Crippen LogP contribution in [-0.4, -0.2) is 36.8 Å². The first-order chi connectivity index (χ1) is 13.8. The normalized spacial score (nSPS) is 18.0. The zero-order chi connectivity index (χ0) is 20.6. The van der Waals surface area contributed by atoms with E-state index in [4.69, 9.17) is 16.0 Å². The first-order valence-corrected chi connectivity index (χ1v) is 11.3. The van der Waals surface area contributed by atoms with Gasteiger partial charge >= 0.3 is 5.63 Å². The molecule has 1 aliphatic heterocycles. The van der Waals surface area contributed by atoms with Gasteiger partial charge in [-0.3, -0.25) is 4.79 Å². The SMILES string of the molecule is O=C(c1cc2ccccc2oc1=O)N(Cc1ccc(Cl)cc1)[C@H]1CCS(=O)(=O)C1. The molecule has 1 saturated heterocycles. The van der Waals surface area contributed by atoms with Crippen molar-refractivity contribution in [3.63, 3.8) is 0 Å². The summed E-state index contributed by atoms with van der Waals surface area (Å²) in [5.74, 6) is -0.638. The van der Waals surface area contributed by atoms with Crippen LogP contribution in [0.4, 0.5) is 0 Å². The van der Waals surface area contributed by atoms with Gasteiger partial charge in [0.1, 0.15) is 11.1 Å². The molecule has 1 amide bonds. The molecule has 150 valence electrons. The van der Waals surface area contributed by atoms with E-state index in [1.807, 2.05) is 0 Å². The number of rotatable bonds is 4. The molecule has 0 bridgehead atoms. The second kappa shape index (κ2) is 7.65. The van der Waals surface area contributed by atoms with E-state index in [0.29, 0.717) is 22.4 Å². The minimum absolute atomic E-state index is 0.0222. The molecule has 0 spiro atoms. The molecule has 8 heteroatoms. The Balaban J connectivity index is 1.73. The van der Waals surface area contributed by atoms with E-state index in [9.17, 15) is 18.0 Å². The molecule has 0 unspecified atom stereocenters. The first-order valence-electron chi connectivity index (χ1n) is 9.11. The van der Waals surface area contributed by atoms with Crippen molar-refractivity contribution in [3.8, 4) is 0 Å². The van der Waals surface area contributed by atoms with Gasteiger partial charge in [0.15, 0.2) is 9.84 Å². The summed E-state index contributed by atoms with van der Waals surface area (Å²) in [6.45, 7) is 0.169. The van der Waals surface area contributed by atoms with Crippen LogP contribution in [0.3, 0.4) is 0 Å². The van der Waals surface area contributed by atoms with Gasteiger partial charge in [-0.25, -0.2) is 13.2 Å². The number of fused-ring (bicyclic) bond motifs is 1. The van der Waals surface area contributed by atoms with Crippen LogP contribution in [0.5, 0.6) is 0 Å². The van der Waals surface area contributed by atoms with Gasteiger partial charge in [-0.2, -0.15) is 0 Å². The van der Waals surface area contributed by atoms with E-state index < -0.39 is 27.4 Å². The van der Waals surface area contributed by atoms with Crippen LogP contribution in [-0.2, 0) is 16.4 Å². The number of sulfone groups is 1. The summed E-state index contributed by atoms with van der Waals surface area (Å²) in [7, 11) is -3.22. The highest BCUT2D eigenvalue weighted by atomic mass is 35.5. The number of para-hydroxylation sites is 1. The maximum atomic E-state index is 13.3. The number of halogens is 1. The fourth-order valence-corrected chi connectivity index (χ4v) is 5.40. The predicted molar refractivity (Wildman–Crippen MR) is 111 cm³/mol. The van der Waals surface area contributed by atoms with Crippen LogP contribution < -0.4 is 5.63 Å². The van der Waals surface area contributed by atoms with E-state index in [1.54, 1.807) is 48.5 Å². The third-order valence-corrected chi connectivity index (χ3v) is 7.05. The lowest BCUT2D eigenvalue weighted by atomic mass is 10.1. The molecule has 0 N–H and O–H groups in total. The summed E-state index contributed by atoms with van der Waals surface area (Å²) in [6.07, 6.45) is 0.334. The molecule has 0 aliphatic carbocycles. The Morgan fingerprint density at radius 1 is 1.14 bits per heavy atom. The van der Waals surface area contributed by atoms with Gasteiger partial charge in [-0.1, -0.05) is 41.9 Å². The number of hydrogen-bond donors (Lipinski definition) is 0. The minimum Gasteiger partial charge on any atom is -0.422 e. The van der Waals surface area contributed by atoms with E-state index in [-0.39, 0.29) is 23.6 Å². The Kier molecular flexibility index (Phi) is 5.19. The lowest BCUT2D eigenvalue weighted by Crippen LogP contribution is -2.42. The summed E-state index contributed by atoms with van der Waals surface area (Å²) in [5, 5.41) is 1.19. The highest BCUT2D eigenvalue weighted by molar-refractivity contribution is 7.91. The zero-order valence-electron chi connectivity index (χ0n) is 15.4. The second-order valence-corrected chi connectivity index (χ2v) is 9.77. The summed E-state index contributed by atoms with van der Waals surface area (Å²) < 4.78 is 29.3. The van der Waals surface area contributed by atoms with Gasteiger partial charge in [-0.15, -0.1) is 0 Å². The summed E-state index contributed by atoms with van der Waals surface area (Å²) in [6, 6.07) is 14.9. The number of amides is 1. The Hall–Kier alpha value is -2.64. The molecule has 1 aromatic heterocycles. The third-order valence-electron chi connectivity index (χ3n) is 5.05. The van der Waals surface area contributed by atoms with E-state index >= 15 is 0 Å². The minimum atomic E-state index is -3.22. The number of carbonyl (C=O) groups excluding carboxylic acids is 1. The molecule has 1 atom stereocenters. The quantitative estimate of drug-likeness (QED) is 0.592. The van der Waals surface area contributed by atoms with Crippen LogP contribution in [0, 0.1) is 0 Å². The van der Waals surface area contributed by atoms with Crippen molar-refractivity contribution in [2.24, 2.45) is 0 Å². The Labute approximate surface area is 172 Å². The average Bonchev–Trinajstić information content (AvgIpc) is 3.06. The molecule has 2 aromatic carbocycles. The van der Waals surface area contributed by atoms with E-state index in [2.05, 4.69) is 0 Å². The third kappa shape index (κ3) is 4.21. The fourth-order valence-electron chi connectivity index (χ4n) is 3.54. The van der Waals surface area contributed by atoms with Crippen LogP contribution >= 0.6 is 11.6 Å². The van der Waals surface area contributed by atoms with Crippen LogP contribution in [0.25, 0.3) is 11.0 Å². The lowest BCUT2D eigenvalue weighted by molar-refractivity contribution is 0.0676. The van der Waals surface area contributed by atoms with E-state index in [0.717, 1.165) is 5.56 Å². The van der Waals surface area contributed by atoms with Gasteiger partial charge < -0.3 is 9.32 Å². The van der Waals surface area contributed by atoms with Crippen molar-refractivity contribution in [2.45, 2.75) is 19.0 Å². The van der Waals surface area contributed by atoms with Gasteiger partial charge in [0.05, 0.1) is 11.5 Å². The topological polar surface area (TPSA) is 84.7 Å². The van der Waals surface area contributed by atoms with Gasteiger partial charge in [0.25, 0.3) is 5.91 Å². The summed E-state index contributed by atoms with van der Waals surface area (Å²) >= 11 is 5.93. The number of benzene rings is 2. The average molecular weight is 432 g/mol. The largest absolute Gasteiger partial charge is 0.422 e. The summed E-state index contributed by atoms with van der Waals surface area (Å²) in [4.78, 5) is 27.2. The first kappa shape index (κ1) is 19.7. The van der Waals surface area contributed by atoms with Crippen LogP contribution in [0.1, 0.15) is 22.3 Å². The van der Waals surface area contributed by atoms with Crippen LogP contribution in [0.15, 0.2) is 63.8 Å². The maximum absolute atomic E-state index is 13.3. The van der Waals surface area contributed by atoms with E-state index in [1.165, 1.54) is 11.0 Å². The molecule has 4 rings (SSSR count). The monoisotopic (exact) mass is 431 g/mol. The standard InChI is InChI=1S/C21H18ClNO5S/c22-16-7-5-14(6-8-16)12-23(17-9-10-29(26,27)13-17)20(24)18-11-15-3-1-2-4-19(15)28-21(18)25/h1-8,11,17H,9-10,12-13H2/t17-/m0/s1. The molecule has 3 aromatic rings. The Bertz CT molecular complexity index is 1230. The molecule has 6 nitrogen and oxygen atoms in total.